The van der Waals surface area contributed by atoms with E-state index in [4.69, 9.17) is 9.84 Å². The van der Waals surface area contributed by atoms with Gasteiger partial charge in [0.05, 0.1) is 0 Å². The van der Waals surface area contributed by atoms with Crippen LogP contribution < -0.4 is 5.32 Å². The van der Waals surface area contributed by atoms with Crippen molar-refractivity contribution in [2.75, 3.05) is 11.5 Å². The van der Waals surface area contributed by atoms with E-state index in [2.05, 4.69) is 17.2 Å². The molecule has 114 valence electrons. The lowest BCUT2D eigenvalue weighted by atomic mass is 10.2. The zero-order valence-electron chi connectivity index (χ0n) is 12.5. The summed E-state index contributed by atoms with van der Waals surface area (Å²) in [6, 6.07) is -0.922. The first-order chi connectivity index (χ1) is 9.26. The molecule has 0 spiro atoms. The molecule has 0 saturated heterocycles. The van der Waals surface area contributed by atoms with Crippen molar-refractivity contribution in [1.82, 2.24) is 5.32 Å². The molecule has 0 aromatic carbocycles. The van der Waals surface area contributed by atoms with E-state index in [-0.39, 0.29) is 0 Å². The van der Waals surface area contributed by atoms with Crippen LogP contribution in [0.1, 0.15) is 40.5 Å². The monoisotopic (exact) mass is 301 g/mol. The van der Waals surface area contributed by atoms with Crippen LogP contribution in [0.25, 0.3) is 0 Å². The van der Waals surface area contributed by atoms with Crippen molar-refractivity contribution in [3.63, 3.8) is 0 Å². The summed E-state index contributed by atoms with van der Waals surface area (Å²) in [4.78, 5) is 22.6. The smallest absolute Gasteiger partial charge is 0.408 e. The van der Waals surface area contributed by atoms with Crippen molar-refractivity contribution >= 4 is 23.8 Å². The van der Waals surface area contributed by atoms with E-state index in [9.17, 15) is 9.59 Å². The Balaban J connectivity index is 4.07. The van der Waals surface area contributed by atoms with Crippen molar-refractivity contribution in [1.29, 1.82) is 0 Å². The number of amides is 1. The lowest BCUT2D eigenvalue weighted by molar-refractivity contribution is -0.139. The fourth-order valence-corrected chi connectivity index (χ4v) is 2.11. The van der Waals surface area contributed by atoms with Crippen LogP contribution in [-0.4, -0.2) is 40.3 Å². The van der Waals surface area contributed by atoms with Crippen molar-refractivity contribution in [3.8, 4) is 11.8 Å². The van der Waals surface area contributed by atoms with Gasteiger partial charge in [0, 0.05) is 12.2 Å². The maximum absolute atomic E-state index is 11.5. The second-order valence-corrected chi connectivity index (χ2v) is 6.34. The van der Waals surface area contributed by atoms with Crippen LogP contribution in [0.5, 0.6) is 0 Å². The summed E-state index contributed by atoms with van der Waals surface area (Å²) in [5, 5.41) is 11.4. The number of hydrogen-bond acceptors (Lipinski definition) is 4. The number of thioether (sulfide) groups is 1. The van der Waals surface area contributed by atoms with Gasteiger partial charge < -0.3 is 15.2 Å². The molecule has 0 aliphatic carbocycles. The Hall–Kier alpha value is -1.35. The highest BCUT2D eigenvalue weighted by atomic mass is 32.2. The molecule has 6 heteroatoms. The molecular weight excluding hydrogens is 278 g/mol. The molecule has 1 atom stereocenters. The highest BCUT2D eigenvalue weighted by Gasteiger charge is 2.23. The van der Waals surface area contributed by atoms with Crippen LogP contribution in [0, 0.1) is 11.8 Å². The van der Waals surface area contributed by atoms with Crippen LogP contribution >= 0.6 is 11.8 Å². The van der Waals surface area contributed by atoms with Crippen LogP contribution in [0.3, 0.4) is 0 Å². The van der Waals surface area contributed by atoms with Gasteiger partial charge in [-0.3, -0.25) is 0 Å². The average molecular weight is 301 g/mol. The summed E-state index contributed by atoms with van der Waals surface area (Å²) in [6.07, 6.45) is 0.448. The van der Waals surface area contributed by atoms with Gasteiger partial charge in [-0.2, -0.15) is 11.8 Å². The molecule has 2 N–H and O–H groups in total. The minimum atomic E-state index is -1.05. The molecule has 1 amide bonds. The lowest BCUT2D eigenvalue weighted by Crippen LogP contribution is -2.43. The number of hydrogen-bond donors (Lipinski definition) is 2. The third kappa shape index (κ3) is 10.6. The van der Waals surface area contributed by atoms with Crippen LogP contribution in [0.2, 0.25) is 0 Å². The molecular formula is C14H23NO4S. The number of rotatable bonds is 7. The number of carbonyl (C=O) groups excluding carboxylic acids is 1. The van der Waals surface area contributed by atoms with Crippen molar-refractivity contribution in [2.24, 2.45) is 0 Å². The molecule has 0 aromatic heterocycles. The Morgan fingerprint density at radius 2 is 2.00 bits per heavy atom. The standard InChI is InChI=1S/C14H23NO4S/c1-5-6-7-9-20-10-8-11(12(16)17)15-13(18)19-14(2,3)4/h11H,7-10H2,1-4H3,(H,15,18)(H,16,17). The molecule has 0 fully saturated rings. The third-order valence-corrected chi connectivity index (χ3v) is 3.11. The predicted molar refractivity (Wildman–Crippen MR) is 80.8 cm³/mol. The maximum atomic E-state index is 11.5. The molecule has 0 aliphatic rings. The SMILES string of the molecule is CC#CCCSCCC(NC(=O)OC(C)(C)C)C(=O)O. The summed E-state index contributed by atoms with van der Waals surface area (Å²) >= 11 is 1.62. The molecule has 0 saturated carbocycles. The number of carboxylic acids is 1. The molecule has 0 bridgehead atoms. The molecule has 5 nitrogen and oxygen atoms in total. The predicted octanol–water partition coefficient (Wildman–Crippen LogP) is 2.50. The first kappa shape index (κ1) is 18.7. The van der Waals surface area contributed by atoms with E-state index in [0.717, 1.165) is 12.2 Å². The van der Waals surface area contributed by atoms with Crippen molar-refractivity contribution in [2.45, 2.75) is 52.2 Å². The zero-order valence-corrected chi connectivity index (χ0v) is 13.3. The number of carboxylic acid groups (broad SMARTS) is 1. The number of aliphatic carboxylic acids is 1. The van der Waals surface area contributed by atoms with Gasteiger partial charge >= 0.3 is 12.1 Å². The zero-order chi connectivity index (χ0) is 15.6. The molecule has 0 radical (unpaired) electrons. The summed E-state index contributed by atoms with van der Waals surface area (Å²) < 4.78 is 5.04. The first-order valence-electron chi connectivity index (χ1n) is 6.46. The van der Waals surface area contributed by atoms with Gasteiger partial charge in [-0.05, 0) is 39.9 Å². The van der Waals surface area contributed by atoms with Crippen LogP contribution in [-0.2, 0) is 9.53 Å². The molecule has 20 heavy (non-hydrogen) atoms. The Bertz CT molecular complexity index is 379. The van der Waals surface area contributed by atoms with E-state index >= 15 is 0 Å². The van der Waals surface area contributed by atoms with E-state index in [0.29, 0.717) is 12.2 Å². The van der Waals surface area contributed by atoms with Gasteiger partial charge in [0.25, 0.3) is 0 Å². The van der Waals surface area contributed by atoms with Gasteiger partial charge in [0.2, 0.25) is 0 Å². The maximum Gasteiger partial charge on any atom is 0.408 e. The molecule has 0 rings (SSSR count). The molecule has 0 aliphatic heterocycles. The lowest BCUT2D eigenvalue weighted by Gasteiger charge is -2.21. The van der Waals surface area contributed by atoms with Crippen LogP contribution in [0.15, 0.2) is 0 Å². The summed E-state index contributed by atoms with van der Waals surface area (Å²) in [6.45, 7) is 6.97. The number of ether oxygens (including phenoxy) is 1. The molecule has 0 heterocycles. The Kier molecular flexibility index (Phi) is 8.89. The number of alkyl carbamates (subject to hydrolysis) is 1. The molecule has 1 unspecified atom stereocenters. The average Bonchev–Trinajstić information content (AvgIpc) is 2.29. The highest BCUT2D eigenvalue weighted by molar-refractivity contribution is 7.99. The third-order valence-electron chi connectivity index (χ3n) is 2.09. The normalized spacial score (nSPS) is 12.0. The minimum Gasteiger partial charge on any atom is -0.480 e. The summed E-state index contributed by atoms with van der Waals surface area (Å²) in [5.74, 6) is 6.20. The second-order valence-electron chi connectivity index (χ2n) is 5.11. The van der Waals surface area contributed by atoms with E-state index < -0.39 is 23.7 Å². The molecule has 0 aromatic rings. The van der Waals surface area contributed by atoms with E-state index in [1.165, 1.54) is 0 Å². The fraction of sp³-hybridized carbons (Fsp3) is 0.714. The Morgan fingerprint density at radius 1 is 1.35 bits per heavy atom. The van der Waals surface area contributed by atoms with Crippen molar-refractivity contribution in [3.05, 3.63) is 0 Å². The first-order valence-corrected chi connectivity index (χ1v) is 7.61. The van der Waals surface area contributed by atoms with Gasteiger partial charge in [-0.25, -0.2) is 9.59 Å². The largest absolute Gasteiger partial charge is 0.480 e. The summed E-state index contributed by atoms with van der Waals surface area (Å²) in [7, 11) is 0. The fourth-order valence-electron chi connectivity index (χ4n) is 1.26. The highest BCUT2D eigenvalue weighted by Crippen LogP contribution is 2.09. The van der Waals surface area contributed by atoms with Crippen LogP contribution in [0.4, 0.5) is 4.79 Å². The van der Waals surface area contributed by atoms with Gasteiger partial charge in [0.15, 0.2) is 0 Å². The minimum absolute atomic E-state index is 0.360. The quantitative estimate of drug-likeness (QED) is 0.558. The second kappa shape index (κ2) is 9.54. The van der Waals surface area contributed by atoms with Gasteiger partial charge in [-0.1, -0.05) is 0 Å². The topological polar surface area (TPSA) is 75.6 Å². The van der Waals surface area contributed by atoms with Crippen molar-refractivity contribution < 1.29 is 19.4 Å². The van der Waals surface area contributed by atoms with E-state index in [1.54, 1.807) is 39.5 Å². The summed E-state index contributed by atoms with van der Waals surface area (Å²) in [5.41, 5.74) is -0.638. The number of nitrogens with one attached hydrogen (secondary N) is 1. The van der Waals surface area contributed by atoms with Gasteiger partial charge in [-0.15, -0.1) is 11.8 Å². The Labute approximate surface area is 124 Å². The Morgan fingerprint density at radius 3 is 2.50 bits per heavy atom. The number of carbonyl (C=O) groups is 2. The van der Waals surface area contributed by atoms with E-state index in [1.807, 2.05) is 0 Å². The van der Waals surface area contributed by atoms with Gasteiger partial charge in [0.1, 0.15) is 11.6 Å².